The van der Waals surface area contributed by atoms with Gasteiger partial charge in [0.15, 0.2) is 11.5 Å². The van der Waals surface area contributed by atoms with Gasteiger partial charge < -0.3 is 23.8 Å². The molecule has 4 rings (SSSR count). The molecule has 0 aromatic heterocycles. The molecule has 6 nitrogen and oxygen atoms in total. The number of nitrogens with zero attached hydrogens (tertiary/aromatic N) is 1. The highest BCUT2D eigenvalue weighted by atomic mass is 16.7. The van der Waals surface area contributed by atoms with Crippen molar-refractivity contribution < 1.29 is 23.7 Å². The lowest BCUT2D eigenvalue weighted by Crippen LogP contribution is -2.38. The molecule has 3 atom stereocenters. The van der Waals surface area contributed by atoms with E-state index >= 15 is 0 Å². The van der Waals surface area contributed by atoms with Gasteiger partial charge in [-0.25, -0.2) is 0 Å². The van der Waals surface area contributed by atoms with Gasteiger partial charge in [-0.3, -0.25) is 4.79 Å². The van der Waals surface area contributed by atoms with Crippen molar-refractivity contribution in [1.82, 2.24) is 4.90 Å². The molecule has 2 fully saturated rings. The van der Waals surface area contributed by atoms with Crippen LogP contribution in [0.15, 0.2) is 18.2 Å². The number of carbonyl (C=O) groups excluding carboxylic acids is 1. The minimum atomic E-state index is -0.00616. The molecule has 1 aromatic carbocycles. The molecule has 3 aliphatic heterocycles. The van der Waals surface area contributed by atoms with Gasteiger partial charge in [-0.2, -0.15) is 0 Å². The first-order valence-corrected chi connectivity index (χ1v) is 7.09. The van der Waals surface area contributed by atoms with E-state index in [1.807, 2.05) is 4.90 Å². The van der Waals surface area contributed by atoms with Crippen molar-refractivity contribution >= 4 is 5.91 Å². The van der Waals surface area contributed by atoms with Crippen LogP contribution in [-0.4, -0.2) is 56.6 Å². The number of carbonyl (C=O) groups is 1. The molecule has 0 spiro atoms. The van der Waals surface area contributed by atoms with Crippen molar-refractivity contribution in [1.29, 1.82) is 0 Å². The molecule has 0 bridgehead atoms. The molecule has 6 heteroatoms. The Morgan fingerprint density at radius 2 is 2.14 bits per heavy atom. The van der Waals surface area contributed by atoms with Crippen LogP contribution < -0.4 is 9.47 Å². The maximum absolute atomic E-state index is 12.8. The van der Waals surface area contributed by atoms with Gasteiger partial charge in [-0.1, -0.05) is 0 Å². The van der Waals surface area contributed by atoms with Crippen LogP contribution in [-0.2, 0) is 9.47 Å². The summed E-state index contributed by atoms with van der Waals surface area (Å²) >= 11 is 0. The highest BCUT2D eigenvalue weighted by Crippen LogP contribution is 2.36. The second-order valence-corrected chi connectivity index (χ2v) is 5.57. The largest absolute Gasteiger partial charge is 0.454 e. The second kappa shape index (κ2) is 4.89. The third-order valence-corrected chi connectivity index (χ3v) is 4.53. The van der Waals surface area contributed by atoms with E-state index in [1.165, 1.54) is 0 Å². The molecule has 3 heterocycles. The maximum atomic E-state index is 12.8. The number of hydrogen-bond acceptors (Lipinski definition) is 5. The Morgan fingerprint density at radius 3 is 3.00 bits per heavy atom. The van der Waals surface area contributed by atoms with E-state index in [0.717, 1.165) is 0 Å². The number of likely N-dealkylation sites (tertiary alicyclic amines) is 1. The molecular weight excluding hydrogens is 274 g/mol. The molecule has 0 saturated carbocycles. The number of hydrogen-bond donors (Lipinski definition) is 0. The standard InChI is InChI=1S/C15H17NO5/c1-18-14-5-16(11-7-19-6-10(11)14)15(17)9-2-3-12-13(4-9)21-8-20-12/h2-4,10-11,14H,5-8H2,1H3/t10-,11+,14+/m1/s1. The van der Waals surface area contributed by atoms with E-state index in [2.05, 4.69) is 0 Å². The Balaban J connectivity index is 1.60. The molecule has 1 aromatic rings. The number of amides is 1. The quantitative estimate of drug-likeness (QED) is 0.810. The van der Waals surface area contributed by atoms with Gasteiger partial charge in [-0.15, -0.1) is 0 Å². The minimum Gasteiger partial charge on any atom is -0.454 e. The van der Waals surface area contributed by atoms with Crippen molar-refractivity contribution in [3.63, 3.8) is 0 Å². The first-order valence-electron chi connectivity index (χ1n) is 7.09. The summed E-state index contributed by atoms with van der Waals surface area (Å²) in [4.78, 5) is 14.6. The van der Waals surface area contributed by atoms with Crippen LogP contribution in [0.2, 0.25) is 0 Å². The fraction of sp³-hybridized carbons (Fsp3) is 0.533. The van der Waals surface area contributed by atoms with E-state index in [9.17, 15) is 4.79 Å². The van der Waals surface area contributed by atoms with E-state index in [-0.39, 0.29) is 30.8 Å². The highest BCUT2D eigenvalue weighted by Gasteiger charge is 2.47. The number of benzene rings is 1. The Morgan fingerprint density at radius 1 is 1.29 bits per heavy atom. The van der Waals surface area contributed by atoms with Crippen LogP contribution in [0.1, 0.15) is 10.4 Å². The number of rotatable bonds is 2. The van der Waals surface area contributed by atoms with E-state index < -0.39 is 0 Å². The third kappa shape index (κ3) is 1.98. The Hall–Kier alpha value is -1.79. The monoisotopic (exact) mass is 291 g/mol. The predicted molar refractivity (Wildman–Crippen MR) is 72.5 cm³/mol. The number of ether oxygens (including phenoxy) is 4. The number of fused-ring (bicyclic) bond motifs is 2. The van der Waals surface area contributed by atoms with Crippen molar-refractivity contribution in [3.8, 4) is 11.5 Å². The summed E-state index contributed by atoms with van der Waals surface area (Å²) < 4.78 is 21.6. The SMILES string of the molecule is CO[C@H]1CN(C(=O)c2ccc3c(c2)OCO3)[C@H]2COC[C@@H]12. The van der Waals surface area contributed by atoms with Gasteiger partial charge in [0.2, 0.25) is 6.79 Å². The molecule has 0 N–H and O–H groups in total. The van der Waals surface area contributed by atoms with Gasteiger partial charge >= 0.3 is 0 Å². The molecule has 0 aliphatic carbocycles. The fourth-order valence-corrected chi connectivity index (χ4v) is 3.38. The zero-order chi connectivity index (χ0) is 14.4. The minimum absolute atomic E-state index is 0.00616. The third-order valence-electron chi connectivity index (χ3n) is 4.53. The topological polar surface area (TPSA) is 57.2 Å². The first kappa shape index (κ1) is 12.9. The second-order valence-electron chi connectivity index (χ2n) is 5.57. The molecule has 3 aliphatic rings. The normalized spacial score (nSPS) is 29.8. The summed E-state index contributed by atoms with van der Waals surface area (Å²) in [5, 5.41) is 0. The van der Waals surface area contributed by atoms with Crippen LogP contribution in [0.3, 0.4) is 0 Å². The molecule has 112 valence electrons. The van der Waals surface area contributed by atoms with Crippen molar-refractivity contribution in [2.75, 3.05) is 33.7 Å². The lowest BCUT2D eigenvalue weighted by molar-refractivity contribution is 0.0479. The summed E-state index contributed by atoms with van der Waals surface area (Å²) in [6, 6.07) is 5.41. The van der Waals surface area contributed by atoms with Gasteiger partial charge in [-0.05, 0) is 18.2 Å². The van der Waals surface area contributed by atoms with E-state index in [4.69, 9.17) is 18.9 Å². The molecule has 21 heavy (non-hydrogen) atoms. The van der Waals surface area contributed by atoms with Gasteiger partial charge in [0.25, 0.3) is 5.91 Å². The lowest BCUT2D eigenvalue weighted by Gasteiger charge is -2.22. The summed E-state index contributed by atoms with van der Waals surface area (Å²) in [5.41, 5.74) is 0.613. The molecule has 0 radical (unpaired) electrons. The first-order chi connectivity index (χ1) is 10.3. The summed E-state index contributed by atoms with van der Waals surface area (Å²) in [7, 11) is 1.69. The molecular formula is C15H17NO5. The average Bonchev–Trinajstić information content (AvgIpc) is 3.21. The van der Waals surface area contributed by atoms with Crippen LogP contribution in [0.5, 0.6) is 11.5 Å². The molecule has 1 amide bonds. The highest BCUT2D eigenvalue weighted by molar-refractivity contribution is 5.95. The van der Waals surface area contributed by atoms with Crippen molar-refractivity contribution in [2.45, 2.75) is 12.1 Å². The van der Waals surface area contributed by atoms with Gasteiger partial charge in [0.05, 0.1) is 25.4 Å². The van der Waals surface area contributed by atoms with Crippen molar-refractivity contribution in [3.05, 3.63) is 23.8 Å². The summed E-state index contributed by atoms with van der Waals surface area (Å²) in [6.45, 7) is 2.07. The zero-order valence-corrected chi connectivity index (χ0v) is 11.8. The summed E-state index contributed by atoms with van der Waals surface area (Å²) in [5.74, 6) is 1.58. The zero-order valence-electron chi connectivity index (χ0n) is 11.8. The van der Waals surface area contributed by atoms with Gasteiger partial charge in [0, 0.05) is 25.1 Å². The lowest BCUT2D eigenvalue weighted by atomic mass is 10.0. The van der Waals surface area contributed by atoms with Crippen molar-refractivity contribution in [2.24, 2.45) is 5.92 Å². The van der Waals surface area contributed by atoms with E-state index in [1.54, 1.807) is 25.3 Å². The molecule has 0 unspecified atom stereocenters. The predicted octanol–water partition coefficient (Wildman–Crippen LogP) is 0.901. The average molecular weight is 291 g/mol. The van der Waals surface area contributed by atoms with Crippen LogP contribution in [0, 0.1) is 5.92 Å². The Labute approximate surface area is 122 Å². The van der Waals surface area contributed by atoms with Crippen LogP contribution in [0.25, 0.3) is 0 Å². The Bertz CT molecular complexity index is 575. The Kier molecular flexibility index (Phi) is 3.01. The van der Waals surface area contributed by atoms with Crippen LogP contribution >= 0.6 is 0 Å². The maximum Gasteiger partial charge on any atom is 0.254 e. The number of methoxy groups -OCH3 is 1. The van der Waals surface area contributed by atoms with Gasteiger partial charge in [0.1, 0.15) is 0 Å². The molecule has 2 saturated heterocycles. The van der Waals surface area contributed by atoms with E-state index in [0.29, 0.717) is 36.8 Å². The summed E-state index contributed by atoms with van der Waals surface area (Å²) in [6.07, 6.45) is 0.0514. The van der Waals surface area contributed by atoms with Crippen LogP contribution in [0.4, 0.5) is 0 Å². The fourth-order valence-electron chi connectivity index (χ4n) is 3.38. The smallest absolute Gasteiger partial charge is 0.254 e.